The van der Waals surface area contributed by atoms with Crippen LogP contribution in [0.25, 0.3) is 0 Å². The lowest BCUT2D eigenvalue weighted by Crippen LogP contribution is -2.58. The molecule has 3 heterocycles. The lowest BCUT2D eigenvalue weighted by Gasteiger charge is -2.47. The quantitative estimate of drug-likeness (QED) is 0.370. The zero-order valence-corrected chi connectivity index (χ0v) is 24.1. The summed E-state index contributed by atoms with van der Waals surface area (Å²) < 4.78 is 0. The number of nitrogens with zero attached hydrogens (tertiary/aromatic N) is 5. The van der Waals surface area contributed by atoms with Crippen LogP contribution in [0.3, 0.4) is 0 Å². The second-order valence-electron chi connectivity index (χ2n) is 10.7. The number of aliphatic hydroxyl groups is 2. The number of hydrogen-bond acceptors (Lipinski definition) is 9. The van der Waals surface area contributed by atoms with Gasteiger partial charge < -0.3 is 31.1 Å². The molecule has 2 saturated heterocycles. The zero-order chi connectivity index (χ0) is 29.0. The Kier molecular flexibility index (Phi) is 9.83. The van der Waals surface area contributed by atoms with Gasteiger partial charge in [0.15, 0.2) is 22.5 Å². The molecular formula is C28H40ClN7O4. The number of halogens is 1. The number of benzene rings is 1. The number of nitrogen functional groups attached to an aromatic ring is 1. The maximum atomic E-state index is 13.0. The SMILES string of the molecule is CC[C@H]1CN(c2nc(N)c(C(=O)N[C@@H](CO)C(C)O)nc2Cl)CCN1C1CCN(C(=O)c2ccc(C)cc2)CC1. The van der Waals surface area contributed by atoms with Crippen molar-refractivity contribution >= 4 is 35.1 Å². The van der Waals surface area contributed by atoms with Crippen molar-refractivity contribution in [2.75, 3.05) is 50.0 Å². The molecule has 1 unspecified atom stereocenters. The molecule has 4 rings (SSSR count). The van der Waals surface area contributed by atoms with Crippen LogP contribution < -0.4 is 16.0 Å². The van der Waals surface area contributed by atoms with Crippen molar-refractivity contribution in [2.45, 2.75) is 64.3 Å². The Hall–Kier alpha value is -2.99. The van der Waals surface area contributed by atoms with Crippen molar-refractivity contribution < 1.29 is 19.8 Å². The molecule has 0 saturated carbocycles. The predicted octanol–water partition coefficient (Wildman–Crippen LogP) is 1.70. The number of piperazine rings is 1. The van der Waals surface area contributed by atoms with E-state index in [0.29, 0.717) is 24.9 Å². The number of likely N-dealkylation sites (tertiary alicyclic amines) is 1. The van der Waals surface area contributed by atoms with Crippen LogP contribution in [-0.2, 0) is 0 Å². The number of aryl methyl sites for hydroxylation is 1. The smallest absolute Gasteiger partial charge is 0.274 e. The number of hydrogen-bond donors (Lipinski definition) is 4. The minimum Gasteiger partial charge on any atom is -0.394 e. The number of piperidine rings is 1. The van der Waals surface area contributed by atoms with E-state index in [4.69, 9.17) is 17.3 Å². The average molecular weight is 574 g/mol. The van der Waals surface area contributed by atoms with Crippen molar-refractivity contribution in [3.63, 3.8) is 0 Å². The van der Waals surface area contributed by atoms with Gasteiger partial charge in [0.1, 0.15) is 0 Å². The number of carbonyl (C=O) groups excluding carboxylic acids is 2. The van der Waals surface area contributed by atoms with E-state index in [1.165, 1.54) is 6.92 Å². The van der Waals surface area contributed by atoms with Gasteiger partial charge in [-0.05, 0) is 45.2 Å². The average Bonchev–Trinajstić information content (AvgIpc) is 2.96. The minimum atomic E-state index is -0.957. The molecule has 2 aliphatic heterocycles. The van der Waals surface area contributed by atoms with Gasteiger partial charge in [0.2, 0.25) is 0 Å². The largest absolute Gasteiger partial charge is 0.394 e. The molecule has 1 aromatic carbocycles. The van der Waals surface area contributed by atoms with E-state index in [9.17, 15) is 19.8 Å². The van der Waals surface area contributed by atoms with Crippen LogP contribution in [0.4, 0.5) is 11.6 Å². The van der Waals surface area contributed by atoms with Crippen LogP contribution in [0, 0.1) is 6.92 Å². The third-order valence-electron chi connectivity index (χ3n) is 7.99. The minimum absolute atomic E-state index is 0.0692. The van der Waals surface area contributed by atoms with Gasteiger partial charge in [0, 0.05) is 50.4 Å². The van der Waals surface area contributed by atoms with Crippen molar-refractivity contribution in [1.29, 1.82) is 0 Å². The van der Waals surface area contributed by atoms with E-state index in [2.05, 4.69) is 32.0 Å². The van der Waals surface area contributed by atoms with Gasteiger partial charge >= 0.3 is 0 Å². The van der Waals surface area contributed by atoms with E-state index >= 15 is 0 Å². The fourth-order valence-electron chi connectivity index (χ4n) is 5.53. The molecule has 0 bridgehead atoms. The van der Waals surface area contributed by atoms with Crippen LogP contribution in [0.1, 0.15) is 59.5 Å². The Labute approximate surface area is 240 Å². The first kappa shape index (κ1) is 30.0. The Balaban J connectivity index is 1.38. The molecule has 2 fully saturated rings. The number of aromatic nitrogens is 2. The number of nitrogens with one attached hydrogen (secondary N) is 1. The Bertz CT molecular complexity index is 1190. The molecule has 5 N–H and O–H groups in total. The zero-order valence-electron chi connectivity index (χ0n) is 23.4. The standard InChI is InChI=1S/C28H40ClN7O4/c1-4-20-15-35(26-24(29)32-23(25(30)33-26)27(39)31-22(16-37)18(3)38)13-14-36(20)21-9-11-34(12-10-21)28(40)19-7-5-17(2)6-8-19/h5-8,18,20-22,37-38H,4,9-16H2,1-3H3,(H2,30,33)(H,31,39)/t18?,20-,22-/m0/s1. The molecule has 2 aliphatic rings. The van der Waals surface area contributed by atoms with Gasteiger partial charge in [-0.15, -0.1) is 0 Å². The third-order valence-corrected chi connectivity index (χ3v) is 8.25. The Morgan fingerprint density at radius 1 is 1.15 bits per heavy atom. The summed E-state index contributed by atoms with van der Waals surface area (Å²) in [6, 6.07) is 7.54. The summed E-state index contributed by atoms with van der Waals surface area (Å²) >= 11 is 6.49. The van der Waals surface area contributed by atoms with Crippen LogP contribution >= 0.6 is 11.6 Å². The molecule has 40 heavy (non-hydrogen) atoms. The summed E-state index contributed by atoms with van der Waals surface area (Å²) in [6.45, 7) is 8.84. The van der Waals surface area contributed by atoms with Gasteiger partial charge in [-0.3, -0.25) is 14.5 Å². The van der Waals surface area contributed by atoms with Gasteiger partial charge in [0.25, 0.3) is 11.8 Å². The number of carbonyl (C=O) groups is 2. The molecule has 2 amide bonds. The highest BCUT2D eigenvalue weighted by molar-refractivity contribution is 6.32. The number of aliphatic hydroxyl groups excluding tert-OH is 2. The number of amides is 2. The molecule has 11 nitrogen and oxygen atoms in total. The molecule has 1 aromatic heterocycles. The van der Waals surface area contributed by atoms with E-state index < -0.39 is 24.7 Å². The highest BCUT2D eigenvalue weighted by Crippen LogP contribution is 2.30. The monoisotopic (exact) mass is 573 g/mol. The Morgan fingerprint density at radius 2 is 1.82 bits per heavy atom. The van der Waals surface area contributed by atoms with Crippen molar-refractivity contribution in [2.24, 2.45) is 0 Å². The van der Waals surface area contributed by atoms with E-state index in [0.717, 1.165) is 50.0 Å². The van der Waals surface area contributed by atoms with E-state index in [1.807, 2.05) is 36.1 Å². The summed E-state index contributed by atoms with van der Waals surface area (Å²) in [6.07, 6.45) is 1.82. The fraction of sp³-hybridized carbons (Fsp3) is 0.571. The lowest BCUT2D eigenvalue weighted by atomic mass is 9.97. The van der Waals surface area contributed by atoms with Gasteiger partial charge in [0.05, 0.1) is 18.8 Å². The number of rotatable bonds is 8. The second-order valence-corrected chi connectivity index (χ2v) is 11.1. The Morgan fingerprint density at radius 3 is 2.42 bits per heavy atom. The highest BCUT2D eigenvalue weighted by atomic mass is 35.5. The topological polar surface area (TPSA) is 148 Å². The first-order valence-corrected chi connectivity index (χ1v) is 14.3. The van der Waals surface area contributed by atoms with Gasteiger partial charge in [-0.1, -0.05) is 36.2 Å². The number of anilines is 2. The van der Waals surface area contributed by atoms with Crippen LogP contribution in [0.5, 0.6) is 0 Å². The maximum absolute atomic E-state index is 13.0. The molecule has 0 radical (unpaired) electrons. The molecule has 12 heteroatoms. The van der Waals surface area contributed by atoms with E-state index in [-0.39, 0.29) is 28.6 Å². The van der Waals surface area contributed by atoms with Crippen molar-refractivity contribution in [3.8, 4) is 0 Å². The molecule has 2 aromatic rings. The number of nitrogens with two attached hydrogens (primary N) is 1. The first-order valence-electron chi connectivity index (χ1n) is 13.9. The summed E-state index contributed by atoms with van der Waals surface area (Å²) in [4.78, 5) is 40.8. The molecule has 218 valence electrons. The molecule has 0 spiro atoms. The van der Waals surface area contributed by atoms with Gasteiger partial charge in [-0.2, -0.15) is 0 Å². The predicted molar refractivity (Wildman–Crippen MR) is 155 cm³/mol. The molecule has 3 atom stereocenters. The van der Waals surface area contributed by atoms with E-state index in [1.54, 1.807) is 0 Å². The highest BCUT2D eigenvalue weighted by Gasteiger charge is 2.35. The molecular weight excluding hydrogens is 534 g/mol. The lowest BCUT2D eigenvalue weighted by molar-refractivity contribution is 0.0490. The first-order chi connectivity index (χ1) is 19.1. The van der Waals surface area contributed by atoms with Gasteiger partial charge in [-0.25, -0.2) is 9.97 Å². The maximum Gasteiger partial charge on any atom is 0.274 e. The summed E-state index contributed by atoms with van der Waals surface area (Å²) in [5, 5.41) is 21.7. The summed E-state index contributed by atoms with van der Waals surface area (Å²) in [7, 11) is 0. The normalized spacial score (nSPS) is 20.3. The van der Waals surface area contributed by atoms with Crippen LogP contribution in [0.2, 0.25) is 5.15 Å². The third kappa shape index (κ3) is 6.65. The fourth-order valence-corrected chi connectivity index (χ4v) is 5.77. The summed E-state index contributed by atoms with van der Waals surface area (Å²) in [5.74, 6) is -0.209. The molecule has 0 aliphatic carbocycles. The second kappa shape index (κ2) is 13.1. The van der Waals surface area contributed by atoms with Crippen molar-refractivity contribution in [1.82, 2.24) is 25.1 Å². The van der Waals surface area contributed by atoms with Crippen LogP contribution in [0.15, 0.2) is 24.3 Å². The summed E-state index contributed by atoms with van der Waals surface area (Å²) in [5.41, 5.74) is 7.83. The van der Waals surface area contributed by atoms with Crippen molar-refractivity contribution in [3.05, 3.63) is 46.2 Å². The van der Waals surface area contributed by atoms with Crippen LogP contribution in [-0.4, -0.2) is 105 Å².